The zero-order valence-electron chi connectivity index (χ0n) is 17.6. The summed E-state index contributed by atoms with van der Waals surface area (Å²) >= 11 is 0. The molecule has 9 nitrogen and oxygen atoms in total. The van der Waals surface area contributed by atoms with Crippen molar-refractivity contribution in [3.63, 3.8) is 0 Å². The second-order valence-electron chi connectivity index (χ2n) is 7.80. The van der Waals surface area contributed by atoms with Crippen molar-refractivity contribution in [1.82, 2.24) is 25.1 Å². The van der Waals surface area contributed by atoms with Gasteiger partial charge in [-0.1, -0.05) is 17.7 Å². The van der Waals surface area contributed by atoms with Crippen molar-refractivity contribution in [3.05, 3.63) is 57.9 Å². The molecule has 168 valence electrons. The quantitative estimate of drug-likeness (QED) is 0.466. The number of nitrogens with one attached hydrogen (secondary N) is 2. The maximum Gasteiger partial charge on any atom is 0.281 e. The summed E-state index contributed by atoms with van der Waals surface area (Å²) in [4.78, 5) is 19.1. The third-order valence-corrected chi connectivity index (χ3v) is 7.49. The van der Waals surface area contributed by atoms with E-state index in [0.29, 0.717) is 16.5 Å². The number of hydrogen-bond acceptors (Lipinski definition) is 7. The molecule has 0 amide bonds. The van der Waals surface area contributed by atoms with Crippen LogP contribution in [0.3, 0.4) is 0 Å². The summed E-state index contributed by atoms with van der Waals surface area (Å²) in [5.74, 6) is 0. The Bertz CT molecular complexity index is 1490. The summed E-state index contributed by atoms with van der Waals surface area (Å²) in [5.41, 5.74) is 2.59. The maximum atomic E-state index is 13.3. The highest BCUT2D eigenvalue weighted by Crippen LogP contribution is 2.27. The number of anilines is 1. The molecule has 1 aliphatic heterocycles. The summed E-state index contributed by atoms with van der Waals surface area (Å²) in [5, 5.41) is 10.3. The van der Waals surface area contributed by atoms with Gasteiger partial charge in [-0.05, 0) is 43.7 Å². The van der Waals surface area contributed by atoms with E-state index in [-0.39, 0.29) is 28.0 Å². The molecule has 5 rings (SSSR count). The summed E-state index contributed by atoms with van der Waals surface area (Å²) in [6.45, 7) is 7.10. The van der Waals surface area contributed by atoms with E-state index in [9.17, 15) is 13.2 Å². The summed E-state index contributed by atoms with van der Waals surface area (Å²) in [6, 6.07) is 10.6. The molecule has 3 heterocycles. The van der Waals surface area contributed by atoms with Crippen LogP contribution in [0.5, 0.6) is 0 Å². The lowest BCUT2D eigenvalue weighted by Gasteiger charge is -2.29. The molecular weight excluding hydrogens is 452 g/mol. The Balaban J connectivity index is 0.00000245. The molecule has 0 aliphatic carbocycles. The number of fused-ring (bicyclic) bond motifs is 3. The minimum absolute atomic E-state index is 0. The Morgan fingerprint density at radius 1 is 1.03 bits per heavy atom. The highest BCUT2D eigenvalue weighted by atomic mass is 35.5. The van der Waals surface area contributed by atoms with Gasteiger partial charge in [-0.3, -0.25) is 4.79 Å². The Hall–Kier alpha value is -2.95. The van der Waals surface area contributed by atoms with Crippen LogP contribution in [0.2, 0.25) is 0 Å². The lowest BCUT2D eigenvalue weighted by Crippen LogP contribution is -2.43. The molecule has 0 spiro atoms. The highest BCUT2D eigenvalue weighted by Gasteiger charge is 2.28. The highest BCUT2D eigenvalue weighted by molar-refractivity contribution is 7.91. The minimum Gasteiger partial charge on any atom is -0.369 e. The average molecular weight is 475 g/mol. The number of rotatable bonds is 3. The molecule has 2 N–H and O–H groups in total. The number of piperazine rings is 1. The molecule has 0 bridgehead atoms. The first-order valence-electron chi connectivity index (χ1n) is 10.1. The second kappa shape index (κ2) is 8.19. The predicted molar refractivity (Wildman–Crippen MR) is 125 cm³/mol. The molecule has 1 saturated heterocycles. The normalized spacial score (nSPS) is 14.6. The Morgan fingerprint density at radius 3 is 2.50 bits per heavy atom. The molecule has 0 saturated carbocycles. The number of nitrogens with zero attached hydrogens (tertiary/aromatic N) is 4. The van der Waals surface area contributed by atoms with Gasteiger partial charge in [0.25, 0.3) is 5.56 Å². The fourth-order valence-electron chi connectivity index (χ4n) is 4.10. The third-order valence-electron chi connectivity index (χ3n) is 5.67. The van der Waals surface area contributed by atoms with Crippen LogP contribution < -0.4 is 15.8 Å². The van der Waals surface area contributed by atoms with Gasteiger partial charge in [0.2, 0.25) is 14.9 Å². The molecule has 2 aromatic carbocycles. The van der Waals surface area contributed by atoms with Crippen molar-refractivity contribution in [1.29, 1.82) is 0 Å². The first-order valence-corrected chi connectivity index (χ1v) is 11.5. The zero-order valence-corrected chi connectivity index (χ0v) is 19.3. The number of benzene rings is 2. The molecule has 11 heteroatoms. The van der Waals surface area contributed by atoms with Crippen molar-refractivity contribution in [2.45, 2.75) is 23.8 Å². The van der Waals surface area contributed by atoms with E-state index in [0.717, 1.165) is 37.4 Å². The topological polar surface area (TPSA) is 112 Å². The monoisotopic (exact) mass is 474 g/mol. The van der Waals surface area contributed by atoms with Gasteiger partial charge in [0, 0.05) is 31.9 Å². The number of sulfone groups is 1. The fraction of sp³-hybridized carbons (Fsp3) is 0.286. The second-order valence-corrected chi connectivity index (χ2v) is 9.64. The van der Waals surface area contributed by atoms with Gasteiger partial charge in [-0.2, -0.15) is 4.98 Å². The minimum atomic E-state index is -3.97. The van der Waals surface area contributed by atoms with Crippen LogP contribution in [-0.2, 0) is 9.84 Å². The molecule has 2 aromatic heterocycles. The lowest BCUT2D eigenvalue weighted by molar-refractivity contribution is 0.589. The SMILES string of the molecule is Cc1ccc(S(=O)(=O)c2n[nH]n3c2nc(=O)c2ccc(N4CCNCC4)cc23)c(C)c1.Cl. The zero-order chi connectivity index (χ0) is 21.8. The van der Waals surface area contributed by atoms with Crippen molar-refractivity contribution in [3.8, 4) is 0 Å². The third kappa shape index (κ3) is 3.54. The van der Waals surface area contributed by atoms with Gasteiger partial charge in [0.15, 0.2) is 5.65 Å². The van der Waals surface area contributed by atoms with Gasteiger partial charge >= 0.3 is 0 Å². The summed E-state index contributed by atoms with van der Waals surface area (Å²) < 4.78 is 28.2. The van der Waals surface area contributed by atoms with Crippen molar-refractivity contribution in [2.75, 3.05) is 31.1 Å². The Labute approximate surface area is 190 Å². The molecule has 4 aromatic rings. The van der Waals surface area contributed by atoms with Gasteiger partial charge < -0.3 is 10.2 Å². The summed E-state index contributed by atoms with van der Waals surface area (Å²) in [6.07, 6.45) is 0. The van der Waals surface area contributed by atoms with Crippen LogP contribution in [0.15, 0.2) is 51.1 Å². The number of aryl methyl sites for hydroxylation is 2. The number of hydrogen-bond donors (Lipinski definition) is 2. The Morgan fingerprint density at radius 2 is 1.78 bits per heavy atom. The van der Waals surface area contributed by atoms with Crippen molar-refractivity contribution >= 4 is 44.5 Å². The largest absolute Gasteiger partial charge is 0.369 e. The molecule has 0 atom stereocenters. The van der Waals surface area contributed by atoms with Crippen LogP contribution in [0.25, 0.3) is 16.6 Å². The molecule has 0 radical (unpaired) electrons. The van der Waals surface area contributed by atoms with E-state index in [2.05, 4.69) is 25.5 Å². The average Bonchev–Trinajstić information content (AvgIpc) is 3.19. The van der Waals surface area contributed by atoms with Crippen molar-refractivity contribution in [2.24, 2.45) is 0 Å². The number of aromatic amines is 1. The number of H-pyrrole nitrogens is 1. The van der Waals surface area contributed by atoms with Crippen LogP contribution in [0.1, 0.15) is 11.1 Å². The molecule has 1 fully saturated rings. The fourth-order valence-corrected chi connectivity index (χ4v) is 5.58. The van der Waals surface area contributed by atoms with E-state index in [1.54, 1.807) is 31.2 Å². The summed E-state index contributed by atoms with van der Waals surface area (Å²) in [7, 11) is -3.97. The van der Waals surface area contributed by atoms with Crippen molar-refractivity contribution < 1.29 is 8.42 Å². The van der Waals surface area contributed by atoms with E-state index in [4.69, 9.17) is 0 Å². The van der Waals surface area contributed by atoms with E-state index in [1.807, 2.05) is 19.1 Å². The van der Waals surface area contributed by atoms with Gasteiger partial charge in [0.05, 0.1) is 15.8 Å². The maximum absolute atomic E-state index is 13.3. The standard InChI is InChI=1S/C21H22N6O3S.ClH/c1-13-3-6-18(14(2)11-13)31(29,30)21-19-23-20(28)16-5-4-15(26-9-7-22-8-10-26)12-17(16)27(19)25-24-21;/h3-6,11-12,22,25H,7-10H2,1-2H3;1H. The molecule has 0 unspecified atom stereocenters. The number of aromatic nitrogens is 4. The molecule has 32 heavy (non-hydrogen) atoms. The first kappa shape index (κ1) is 22.3. The van der Waals surface area contributed by atoms with Crippen LogP contribution >= 0.6 is 12.4 Å². The Kier molecular flexibility index (Phi) is 5.70. The smallest absolute Gasteiger partial charge is 0.281 e. The van der Waals surface area contributed by atoms with Crippen LogP contribution in [0, 0.1) is 13.8 Å². The number of halogens is 1. The van der Waals surface area contributed by atoms with E-state index < -0.39 is 15.4 Å². The molecular formula is C21H23ClN6O3S. The van der Waals surface area contributed by atoms with Gasteiger partial charge in [-0.15, -0.1) is 17.5 Å². The van der Waals surface area contributed by atoms with E-state index >= 15 is 0 Å². The molecule has 1 aliphatic rings. The van der Waals surface area contributed by atoms with Gasteiger partial charge in [-0.25, -0.2) is 18.1 Å². The first-order chi connectivity index (χ1) is 14.9. The van der Waals surface area contributed by atoms with Crippen LogP contribution in [-0.4, -0.2) is 54.4 Å². The lowest BCUT2D eigenvalue weighted by atomic mass is 10.2. The van der Waals surface area contributed by atoms with E-state index in [1.165, 1.54) is 4.52 Å². The van der Waals surface area contributed by atoms with Crippen LogP contribution in [0.4, 0.5) is 5.69 Å². The van der Waals surface area contributed by atoms with Gasteiger partial charge in [0.1, 0.15) is 0 Å². The predicted octanol–water partition coefficient (Wildman–Crippen LogP) is 1.85.